The molecule has 0 saturated heterocycles. The molecule has 0 aliphatic carbocycles. The number of aromatic nitrogens is 2. The molecule has 3 N–H and O–H groups in total. The van der Waals surface area contributed by atoms with Crippen molar-refractivity contribution in [3.05, 3.63) is 23.4 Å². The van der Waals surface area contributed by atoms with Gasteiger partial charge in [-0.2, -0.15) is 5.10 Å². The van der Waals surface area contributed by atoms with Crippen LogP contribution >= 0.6 is 11.6 Å². The zero-order valence-electron chi connectivity index (χ0n) is 8.16. The SMILES string of the molecule is Nc1[nH]ncc1-c1ccc(Cl)c2c1OCO2. The topological polar surface area (TPSA) is 73.2 Å². The van der Waals surface area contributed by atoms with Crippen molar-refractivity contribution in [1.82, 2.24) is 10.2 Å². The fourth-order valence-corrected chi connectivity index (χ4v) is 1.89. The number of nitrogens with zero attached hydrogens (tertiary/aromatic N) is 1. The fraction of sp³-hybridized carbons (Fsp3) is 0.100. The van der Waals surface area contributed by atoms with Gasteiger partial charge in [-0.05, 0) is 12.1 Å². The Kier molecular flexibility index (Phi) is 1.94. The van der Waals surface area contributed by atoms with Crippen molar-refractivity contribution >= 4 is 17.4 Å². The molecule has 16 heavy (non-hydrogen) atoms. The average Bonchev–Trinajstić information content (AvgIpc) is 2.88. The molecular weight excluding hydrogens is 230 g/mol. The smallest absolute Gasteiger partial charge is 0.231 e. The highest BCUT2D eigenvalue weighted by Crippen LogP contribution is 2.46. The summed E-state index contributed by atoms with van der Waals surface area (Å²) in [5, 5.41) is 7.06. The minimum absolute atomic E-state index is 0.170. The number of aromatic amines is 1. The van der Waals surface area contributed by atoms with Crippen molar-refractivity contribution < 1.29 is 9.47 Å². The van der Waals surface area contributed by atoms with E-state index < -0.39 is 0 Å². The van der Waals surface area contributed by atoms with Crippen LogP contribution in [0.2, 0.25) is 5.02 Å². The second-order valence-corrected chi connectivity index (χ2v) is 3.76. The second-order valence-electron chi connectivity index (χ2n) is 3.36. The van der Waals surface area contributed by atoms with Gasteiger partial charge in [0.15, 0.2) is 11.5 Å². The molecule has 2 heterocycles. The fourth-order valence-electron chi connectivity index (χ4n) is 1.69. The first kappa shape index (κ1) is 9.35. The van der Waals surface area contributed by atoms with Crippen molar-refractivity contribution in [2.75, 3.05) is 12.5 Å². The Morgan fingerprint density at radius 2 is 2.06 bits per heavy atom. The van der Waals surface area contributed by atoms with Crippen LogP contribution in [0, 0.1) is 0 Å². The summed E-state index contributed by atoms with van der Waals surface area (Å²) in [6.07, 6.45) is 1.64. The molecule has 0 amide bonds. The van der Waals surface area contributed by atoms with Crippen LogP contribution in [0.4, 0.5) is 5.82 Å². The summed E-state index contributed by atoms with van der Waals surface area (Å²) in [4.78, 5) is 0. The lowest BCUT2D eigenvalue weighted by molar-refractivity contribution is 0.174. The summed E-state index contributed by atoms with van der Waals surface area (Å²) in [6, 6.07) is 3.58. The Morgan fingerprint density at radius 1 is 1.25 bits per heavy atom. The molecule has 0 saturated carbocycles. The van der Waals surface area contributed by atoms with Gasteiger partial charge >= 0.3 is 0 Å². The first-order valence-corrected chi connectivity index (χ1v) is 5.02. The van der Waals surface area contributed by atoms with E-state index in [0.29, 0.717) is 22.3 Å². The summed E-state index contributed by atoms with van der Waals surface area (Å²) >= 11 is 5.98. The van der Waals surface area contributed by atoms with E-state index in [4.69, 9.17) is 26.8 Å². The highest BCUT2D eigenvalue weighted by atomic mass is 35.5. The van der Waals surface area contributed by atoms with Crippen LogP contribution in [-0.2, 0) is 0 Å². The molecule has 2 aromatic rings. The number of anilines is 1. The van der Waals surface area contributed by atoms with Crippen LogP contribution < -0.4 is 15.2 Å². The van der Waals surface area contributed by atoms with E-state index in [2.05, 4.69) is 10.2 Å². The molecule has 0 radical (unpaired) electrons. The van der Waals surface area contributed by atoms with E-state index in [1.165, 1.54) is 0 Å². The number of H-pyrrole nitrogens is 1. The number of nitrogens with two attached hydrogens (primary N) is 1. The third kappa shape index (κ3) is 1.22. The van der Waals surface area contributed by atoms with Gasteiger partial charge in [0.1, 0.15) is 5.82 Å². The minimum Gasteiger partial charge on any atom is -0.453 e. The van der Waals surface area contributed by atoms with Crippen LogP contribution in [0.15, 0.2) is 18.3 Å². The molecule has 3 rings (SSSR count). The summed E-state index contributed by atoms with van der Waals surface area (Å²) in [7, 11) is 0. The monoisotopic (exact) mass is 237 g/mol. The molecule has 0 spiro atoms. The van der Waals surface area contributed by atoms with Crippen molar-refractivity contribution in [3.63, 3.8) is 0 Å². The highest BCUT2D eigenvalue weighted by molar-refractivity contribution is 6.32. The first-order chi connectivity index (χ1) is 7.77. The number of hydrogen-bond donors (Lipinski definition) is 2. The van der Waals surface area contributed by atoms with Crippen LogP contribution in [0.3, 0.4) is 0 Å². The third-order valence-electron chi connectivity index (χ3n) is 2.43. The van der Waals surface area contributed by atoms with Gasteiger partial charge in [-0.15, -0.1) is 0 Å². The summed E-state index contributed by atoms with van der Waals surface area (Å²) in [6.45, 7) is 0.170. The predicted octanol–water partition coefficient (Wildman–Crippen LogP) is 2.04. The lowest BCUT2D eigenvalue weighted by Crippen LogP contribution is -1.94. The van der Waals surface area contributed by atoms with Crippen molar-refractivity contribution in [2.45, 2.75) is 0 Å². The zero-order chi connectivity index (χ0) is 11.1. The maximum Gasteiger partial charge on any atom is 0.231 e. The lowest BCUT2D eigenvalue weighted by atomic mass is 10.1. The Hall–Kier alpha value is -1.88. The largest absolute Gasteiger partial charge is 0.453 e. The van der Waals surface area contributed by atoms with E-state index >= 15 is 0 Å². The van der Waals surface area contributed by atoms with E-state index in [1.54, 1.807) is 12.3 Å². The first-order valence-electron chi connectivity index (χ1n) is 4.64. The Labute approximate surface area is 96.1 Å². The molecule has 1 aliphatic rings. The average molecular weight is 238 g/mol. The number of fused-ring (bicyclic) bond motifs is 1. The summed E-state index contributed by atoms with van der Waals surface area (Å²) in [5.41, 5.74) is 7.36. The van der Waals surface area contributed by atoms with Gasteiger partial charge in [-0.1, -0.05) is 11.6 Å². The van der Waals surface area contributed by atoms with Gasteiger partial charge in [0.05, 0.1) is 11.2 Å². The maximum atomic E-state index is 5.98. The van der Waals surface area contributed by atoms with Crippen LogP contribution in [0.5, 0.6) is 11.5 Å². The Bertz CT molecular complexity index is 553. The van der Waals surface area contributed by atoms with Crippen LogP contribution in [-0.4, -0.2) is 17.0 Å². The minimum atomic E-state index is 0.170. The van der Waals surface area contributed by atoms with Gasteiger partial charge in [-0.25, -0.2) is 0 Å². The molecule has 5 nitrogen and oxygen atoms in total. The van der Waals surface area contributed by atoms with Crippen molar-refractivity contribution in [1.29, 1.82) is 0 Å². The van der Waals surface area contributed by atoms with Crippen molar-refractivity contribution in [3.8, 4) is 22.6 Å². The number of nitrogen functional groups attached to an aromatic ring is 1. The van der Waals surface area contributed by atoms with E-state index in [1.807, 2.05) is 6.07 Å². The number of halogens is 1. The second kappa shape index (κ2) is 3.31. The molecule has 0 atom stereocenters. The lowest BCUT2D eigenvalue weighted by Gasteiger charge is -2.05. The standard InChI is InChI=1S/C10H8ClN3O2/c11-7-2-1-5(6-3-13-14-10(6)12)8-9(7)16-4-15-8/h1-3H,4H2,(H3,12,13,14). The number of benzene rings is 1. The molecule has 0 bridgehead atoms. The van der Waals surface area contributed by atoms with Crippen molar-refractivity contribution in [2.24, 2.45) is 0 Å². The van der Waals surface area contributed by atoms with E-state index in [9.17, 15) is 0 Å². The molecule has 0 fully saturated rings. The predicted molar refractivity (Wildman–Crippen MR) is 59.6 cm³/mol. The van der Waals surface area contributed by atoms with Gasteiger partial charge in [0.2, 0.25) is 6.79 Å². The number of hydrogen-bond acceptors (Lipinski definition) is 4. The Morgan fingerprint density at radius 3 is 2.81 bits per heavy atom. The quantitative estimate of drug-likeness (QED) is 0.796. The Balaban J connectivity index is 2.23. The molecular formula is C10H8ClN3O2. The molecule has 6 heteroatoms. The van der Waals surface area contributed by atoms with Gasteiger partial charge in [0.25, 0.3) is 0 Å². The molecule has 1 aromatic heterocycles. The van der Waals surface area contributed by atoms with Gasteiger partial charge < -0.3 is 15.2 Å². The highest BCUT2D eigenvalue weighted by Gasteiger charge is 2.23. The molecule has 1 aliphatic heterocycles. The number of nitrogens with one attached hydrogen (secondary N) is 1. The van der Waals surface area contributed by atoms with Gasteiger partial charge in [-0.3, -0.25) is 5.10 Å². The maximum absolute atomic E-state index is 5.98. The molecule has 1 aromatic carbocycles. The third-order valence-corrected chi connectivity index (χ3v) is 2.73. The van der Waals surface area contributed by atoms with E-state index in [-0.39, 0.29) is 6.79 Å². The zero-order valence-corrected chi connectivity index (χ0v) is 8.91. The molecule has 0 unspecified atom stereocenters. The number of ether oxygens (including phenoxy) is 2. The number of rotatable bonds is 1. The van der Waals surface area contributed by atoms with Crippen LogP contribution in [0.1, 0.15) is 0 Å². The van der Waals surface area contributed by atoms with E-state index in [0.717, 1.165) is 11.1 Å². The summed E-state index contributed by atoms with van der Waals surface area (Å²) < 4.78 is 10.7. The normalized spacial score (nSPS) is 13.1. The molecule has 82 valence electrons. The van der Waals surface area contributed by atoms with Crippen LogP contribution in [0.25, 0.3) is 11.1 Å². The van der Waals surface area contributed by atoms with Gasteiger partial charge in [0, 0.05) is 11.1 Å². The summed E-state index contributed by atoms with van der Waals surface area (Å²) in [5.74, 6) is 1.65.